The minimum absolute atomic E-state index is 0.237. The lowest BCUT2D eigenvalue weighted by Crippen LogP contribution is -2.43. The monoisotopic (exact) mass is 373 g/mol. The lowest BCUT2D eigenvalue weighted by molar-refractivity contribution is 0.584. The number of nitrogens with zero attached hydrogens (tertiary/aromatic N) is 1. The maximum atomic E-state index is 13.3. The topological polar surface area (TPSA) is 36.4 Å². The Bertz CT molecular complexity index is 495. The summed E-state index contributed by atoms with van der Waals surface area (Å²) in [6.07, 6.45) is 2.52. The number of halogens is 2. The van der Waals surface area contributed by atoms with Crippen molar-refractivity contribution in [3.05, 3.63) is 34.1 Å². The number of nitrogens with one attached hydrogen (secondary N) is 2. The summed E-state index contributed by atoms with van der Waals surface area (Å²) in [4.78, 5) is 4.22. The van der Waals surface area contributed by atoms with Gasteiger partial charge >= 0.3 is 0 Å². The molecule has 116 valence electrons. The number of guanidine groups is 1. The third-order valence-electron chi connectivity index (χ3n) is 3.54. The highest BCUT2D eigenvalue weighted by Gasteiger charge is 2.29. The van der Waals surface area contributed by atoms with Crippen LogP contribution in [0.1, 0.15) is 25.3 Å². The van der Waals surface area contributed by atoms with Crippen LogP contribution in [0.25, 0.3) is 0 Å². The molecule has 1 heterocycles. The van der Waals surface area contributed by atoms with Crippen molar-refractivity contribution in [1.29, 1.82) is 0 Å². The van der Waals surface area contributed by atoms with Gasteiger partial charge in [0, 0.05) is 29.4 Å². The van der Waals surface area contributed by atoms with E-state index in [9.17, 15) is 4.39 Å². The number of hydrogen-bond acceptors (Lipinski definition) is 2. The minimum atomic E-state index is -0.237. The van der Waals surface area contributed by atoms with Crippen molar-refractivity contribution >= 4 is 33.7 Å². The summed E-state index contributed by atoms with van der Waals surface area (Å²) in [5.41, 5.74) is 0.881. The van der Waals surface area contributed by atoms with E-state index in [1.165, 1.54) is 30.7 Å². The zero-order valence-corrected chi connectivity index (χ0v) is 14.8. The van der Waals surface area contributed by atoms with E-state index >= 15 is 0 Å². The highest BCUT2D eigenvalue weighted by atomic mass is 79.9. The fourth-order valence-electron chi connectivity index (χ4n) is 2.37. The van der Waals surface area contributed by atoms with Crippen LogP contribution in [-0.2, 0) is 6.54 Å². The normalized spacial score (nSPS) is 22.4. The Morgan fingerprint density at radius 1 is 1.43 bits per heavy atom. The zero-order valence-electron chi connectivity index (χ0n) is 12.4. The van der Waals surface area contributed by atoms with Crippen molar-refractivity contribution in [2.24, 2.45) is 4.99 Å². The zero-order chi connectivity index (χ0) is 15.3. The molecule has 0 bridgehead atoms. The number of hydrogen-bond donors (Lipinski definition) is 2. The first-order chi connectivity index (χ1) is 10.0. The van der Waals surface area contributed by atoms with Gasteiger partial charge < -0.3 is 10.6 Å². The Labute approximate surface area is 138 Å². The van der Waals surface area contributed by atoms with E-state index in [2.05, 4.69) is 38.5 Å². The minimum Gasteiger partial charge on any atom is -0.355 e. The lowest BCUT2D eigenvalue weighted by Gasteiger charge is -2.24. The summed E-state index contributed by atoms with van der Waals surface area (Å²) in [7, 11) is 1.75. The second-order valence-corrected chi connectivity index (χ2v) is 8.06. The largest absolute Gasteiger partial charge is 0.355 e. The predicted octanol–water partition coefficient (Wildman–Crippen LogP) is 3.54. The van der Waals surface area contributed by atoms with Gasteiger partial charge in [-0.3, -0.25) is 4.99 Å². The molecule has 0 amide bonds. The highest BCUT2D eigenvalue weighted by molar-refractivity contribution is 9.10. The quantitative estimate of drug-likeness (QED) is 0.625. The molecule has 2 rings (SSSR count). The Balaban J connectivity index is 1.85. The van der Waals surface area contributed by atoms with Crippen LogP contribution in [0.4, 0.5) is 4.39 Å². The van der Waals surface area contributed by atoms with Crippen LogP contribution in [0.3, 0.4) is 0 Å². The first kappa shape index (κ1) is 16.6. The molecule has 1 saturated heterocycles. The van der Waals surface area contributed by atoms with Gasteiger partial charge in [0.25, 0.3) is 0 Å². The van der Waals surface area contributed by atoms with Crippen LogP contribution >= 0.6 is 27.7 Å². The SMILES string of the molecule is CN=C(NCc1cc(F)cc(Br)c1)NCC1(C)CCCS1. The van der Waals surface area contributed by atoms with Gasteiger partial charge in [0.05, 0.1) is 0 Å². The summed E-state index contributed by atoms with van der Waals surface area (Å²) < 4.78 is 14.4. The van der Waals surface area contributed by atoms with E-state index in [-0.39, 0.29) is 5.82 Å². The Morgan fingerprint density at radius 2 is 2.24 bits per heavy atom. The molecule has 1 aliphatic rings. The van der Waals surface area contributed by atoms with Crippen molar-refractivity contribution < 1.29 is 4.39 Å². The molecule has 1 aromatic rings. The van der Waals surface area contributed by atoms with Crippen LogP contribution in [0.2, 0.25) is 0 Å². The first-order valence-electron chi connectivity index (χ1n) is 7.04. The number of aliphatic imine (C=N–C) groups is 1. The summed E-state index contributed by atoms with van der Waals surface area (Å²) in [6.45, 7) is 3.72. The molecule has 1 aromatic carbocycles. The summed E-state index contributed by atoms with van der Waals surface area (Å²) in [6, 6.07) is 4.88. The third-order valence-corrected chi connectivity index (χ3v) is 5.53. The molecule has 0 aromatic heterocycles. The maximum absolute atomic E-state index is 13.3. The summed E-state index contributed by atoms with van der Waals surface area (Å²) in [5, 5.41) is 6.59. The van der Waals surface area contributed by atoms with E-state index in [4.69, 9.17) is 0 Å². The van der Waals surface area contributed by atoms with E-state index in [1.54, 1.807) is 7.05 Å². The average molecular weight is 374 g/mol. The molecule has 0 radical (unpaired) electrons. The smallest absolute Gasteiger partial charge is 0.191 e. The van der Waals surface area contributed by atoms with Gasteiger partial charge in [-0.15, -0.1) is 0 Å². The Morgan fingerprint density at radius 3 is 2.86 bits per heavy atom. The molecular weight excluding hydrogens is 353 g/mol. The van der Waals surface area contributed by atoms with Crippen LogP contribution < -0.4 is 10.6 Å². The van der Waals surface area contributed by atoms with Crippen LogP contribution in [0.5, 0.6) is 0 Å². The lowest BCUT2D eigenvalue weighted by atomic mass is 10.1. The second kappa shape index (κ2) is 7.49. The van der Waals surface area contributed by atoms with Crippen molar-refractivity contribution in [3.8, 4) is 0 Å². The van der Waals surface area contributed by atoms with E-state index < -0.39 is 0 Å². The van der Waals surface area contributed by atoms with Crippen molar-refractivity contribution in [2.75, 3.05) is 19.3 Å². The molecule has 1 aliphatic heterocycles. The van der Waals surface area contributed by atoms with Gasteiger partial charge in [-0.1, -0.05) is 15.9 Å². The predicted molar refractivity (Wildman–Crippen MR) is 92.4 cm³/mol. The molecule has 1 fully saturated rings. The van der Waals surface area contributed by atoms with Crippen molar-refractivity contribution in [3.63, 3.8) is 0 Å². The highest BCUT2D eigenvalue weighted by Crippen LogP contribution is 2.36. The molecule has 1 unspecified atom stereocenters. The molecule has 0 saturated carbocycles. The molecular formula is C15H21BrFN3S. The first-order valence-corrected chi connectivity index (χ1v) is 8.82. The standard InChI is InChI=1S/C15H21BrFN3S/c1-15(4-3-5-21-15)10-20-14(18-2)19-9-11-6-12(16)8-13(17)7-11/h6-8H,3-5,9-10H2,1-2H3,(H2,18,19,20). The number of thioether (sulfide) groups is 1. The van der Waals surface area contributed by atoms with Crippen LogP contribution in [-0.4, -0.2) is 30.1 Å². The average Bonchev–Trinajstić information content (AvgIpc) is 2.85. The molecule has 6 heteroatoms. The third kappa shape index (κ3) is 5.18. The summed E-state index contributed by atoms with van der Waals surface area (Å²) in [5.74, 6) is 1.75. The van der Waals surface area contributed by atoms with Gasteiger partial charge in [0.1, 0.15) is 5.82 Å². The fraction of sp³-hybridized carbons (Fsp3) is 0.533. The van der Waals surface area contributed by atoms with E-state index in [0.717, 1.165) is 22.5 Å². The fourth-order valence-corrected chi connectivity index (χ4v) is 4.12. The maximum Gasteiger partial charge on any atom is 0.191 e. The molecule has 1 atom stereocenters. The molecule has 0 aliphatic carbocycles. The second-order valence-electron chi connectivity index (χ2n) is 5.46. The van der Waals surface area contributed by atoms with Crippen molar-refractivity contribution in [1.82, 2.24) is 10.6 Å². The summed E-state index contributed by atoms with van der Waals surface area (Å²) >= 11 is 5.32. The Hall–Kier alpha value is -0.750. The van der Waals surface area contributed by atoms with Gasteiger partial charge in [-0.05, 0) is 49.3 Å². The molecule has 2 N–H and O–H groups in total. The van der Waals surface area contributed by atoms with Crippen LogP contribution in [0, 0.1) is 5.82 Å². The van der Waals surface area contributed by atoms with Gasteiger partial charge in [-0.2, -0.15) is 11.8 Å². The molecule has 21 heavy (non-hydrogen) atoms. The molecule has 0 spiro atoms. The van der Waals surface area contributed by atoms with Crippen molar-refractivity contribution in [2.45, 2.75) is 31.1 Å². The van der Waals surface area contributed by atoms with E-state index in [0.29, 0.717) is 11.3 Å². The number of benzene rings is 1. The van der Waals surface area contributed by atoms with E-state index in [1.807, 2.05) is 17.8 Å². The van der Waals surface area contributed by atoms with Crippen LogP contribution in [0.15, 0.2) is 27.7 Å². The van der Waals surface area contributed by atoms with Gasteiger partial charge in [-0.25, -0.2) is 4.39 Å². The van der Waals surface area contributed by atoms with Gasteiger partial charge in [0.15, 0.2) is 5.96 Å². The molecule has 3 nitrogen and oxygen atoms in total. The van der Waals surface area contributed by atoms with Gasteiger partial charge in [0.2, 0.25) is 0 Å². The number of rotatable bonds is 4. The Kier molecular flexibility index (Phi) is 5.93.